The van der Waals surface area contributed by atoms with Crippen LogP contribution in [-0.2, 0) is 23.5 Å². The third-order valence-electron chi connectivity index (χ3n) is 5.41. The number of halogens is 2. The smallest absolute Gasteiger partial charge is 0.211 e. The van der Waals surface area contributed by atoms with E-state index in [1.54, 1.807) is 29.2 Å². The van der Waals surface area contributed by atoms with E-state index >= 15 is 0 Å². The zero-order chi connectivity index (χ0) is 22.5. The fourth-order valence-electron chi connectivity index (χ4n) is 3.79. The molecule has 0 N–H and O–H groups in total. The fraction of sp³-hybridized carbons (Fsp3) is 0.250. The predicted molar refractivity (Wildman–Crippen MR) is 134 cm³/mol. The van der Waals surface area contributed by atoms with E-state index in [1.807, 2.05) is 56.3 Å². The van der Waals surface area contributed by atoms with Crippen molar-refractivity contribution in [1.82, 2.24) is 9.55 Å². The second-order valence-electron chi connectivity index (χ2n) is 8.31. The molecule has 0 saturated carbocycles. The van der Waals surface area contributed by atoms with Crippen molar-refractivity contribution in [3.05, 3.63) is 84.8 Å². The van der Waals surface area contributed by atoms with Gasteiger partial charge in [0.25, 0.3) is 0 Å². The molecule has 0 amide bonds. The van der Waals surface area contributed by atoms with E-state index < -0.39 is 0 Å². The van der Waals surface area contributed by atoms with Crippen molar-refractivity contribution in [2.75, 3.05) is 0 Å². The lowest BCUT2D eigenvalue weighted by atomic mass is 9.95. The number of rotatable bonds is 4. The SMILES string of the molecule is CC1(C)Cc2c(sc3c(nc(SCc4ccc(Cl)c(Cl)c4)n3-c3ccccc3)c2=O)CO1. The third-order valence-corrected chi connectivity index (χ3v) is 8.34. The van der Waals surface area contributed by atoms with Crippen molar-refractivity contribution in [2.45, 2.75) is 43.4 Å². The van der Waals surface area contributed by atoms with E-state index in [-0.39, 0.29) is 11.0 Å². The first-order valence-electron chi connectivity index (χ1n) is 10.2. The highest BCUT2D eigenvalue weighted by molar-refractivity contribution is 7.98. The number of fused-ring (bicyclic) bond motifs is 2. The lowest BCUT2D eigenvalue weighted by Crippen LogP contribution is -2.34. The van der Waals surface area contributed by atoms with Crippen LogP contribution < -0.4 is 5.43 Å². The Morgan fingerprint density at radius 1 is 1.16 bits per heavy atom. The average molecular weight is 503 g/mol. The number of imidazole rings is 1. The van der Waals surface area contributed by atoms with Crippen molar-refractivity contribution < 1.29 is 4.74 Å². The van der Waals surface area contributed by atoms with Crippen LogP contribution in [0.3, 0.4) is 0 Å². The molecule has 4 aromatic rings. The molecule has 32 heavy (non-hydrogen) atoms. The molecule has 0 atom stereocenters. The van der Waals surface area contributed by atoms with E-state index in [2.05, 4.69) is 4.57 Å². The van der Waals surface area contributed by atoms with E-state index in [0.717, 1.165) is 31.7 Å². The molecule has 4 nitrogen and oxygen atoms in total. The molecule has 1 aliphatic heterocycles. The van der Waals surface area contributed by atoms with E-state index in [4.69, 9.17) is 32.9 Å². The molecule has 0 aliphatic carbocycles. The van der Waals surface area contributed by atoms with E-state index in [0.29, 0.717) is 34.3 Å². The fourth-order valence-corrected chi connectivity index (χ4v) is 6.28. The first-order chi connectivity index (χ1) is 15.3. The summed E-state index contributed by atoms with van der Waals surface area (Å²) >= 11 is 15.4. The Morgan fingerprint density at radius 2 is 1.94 bits per heavy atom. The van der Waals surface area contributed by atoms with Gasteiger partial charge in [-0.3, -0.25) is 9.36 Å². The maximum atomic E-state index is 13.4. The van der Waals surface area contributed by atoms with E-state index in [1.165, 1.54) is 0 Å². The zero-order valence-electron chi connectivity index (χ0n) is 17.5. The van der Waals surface area contributed by atoms with Crippen molar-refractivity contribution in [3.63, 3.8) is 0 Å². The molecular formula is C24H20Cl2N2O2S2. The summed E-state index contributed by atoms with van der Waals surface area (Å²) in [6.07, 6.45) is 0.595. The number of para-hydroxylation sites is 1. The van der Waals surface area contributed by atoms with Gasteiger partial charge in [0.2, 0.25) is 5.43 Å². The van der Waals surface area contributed by atoms with Gasteiger partial charge >= 0.3 is 0 Å². The van der Waals surface area contributed by atoms with Gasteiger partial charge in [-0.2, -0.15) is 0 Å². The number of aromatic nitrogens is 2. The lowest BCUT2D eigenvalue weighted by molar-refractivity contribution is -0.0386. The van der Waals surface area contributed by atoms with Crippen LogP contribution in [0.15, 0.2) is 58.5 Å². The molecule has 0 fully saturated rings. The Hall–Kier alpha value is -1.83. The Morgan fingerprint density at radius 3 is 2.69 bits per heavy atom. The summed E-state index contributed by atoms with van der Waals surface area (Å²) in [6, 6.07) is 15.6. The molecule has 5 rings (SSSR count). The predicted octanol–water partition coefficient (Wildman–Crippen LogP) is 6.90. The summed E-state index contributed by atoms with van der Waals surface area (Å²) in [6.45, 7) is 4.49. The van der Waals surface area contributed by atoms with Gasteiger partial charge in [0.15, 0.2) is 5.16 Å². The maximum Gasteiger partial charge on any atom is 0.211 e. The Bertz CT molecular complexity index is 1380. The van der Waals surface area contributed by atoms with Crippen LogP contribution in [0.4, 0.5) is 0 Å². The van der Waals surface area contributed by atoms with Gasteiger partial charge in [-0.1, -0.05) is 59.2 Å². The molecule has 0 saturated heterocycles. The number of hydrogen-bond donors (Lipinski definition) is 0. The lowest BCUT2D eigenvalue weighted by Gasteiger charge is -2.30. The van der Waals surface area contributed by atoms with Gasteiger partial charge in [0, 0.05) is 28.3 Å². The topological polar surface area (TPSA) is 44.1 Å². The van der Waals surface area contributed by atoms with Gasteiger partial charge in [-0.15, -0.1) is 11.3 Å². The third kappa shape index (κ3) is 4.11. The van der Waals surface area contributed by atoms with Crippen molar-refractivity contribution in [2.24, 2.45) is 0 Å². The van der Waals surface area contributed by atoms with Gasteiger partial charge < -0.3 is 4.74 Å². The second kappa shape index (κ2) is 8.50. The molecule has 164 valence electrons. The maximum absolute atomic E-state index is 13.4. The molecule has 8 heteroatoms. The molecule has 0 unspecified atom stereocenters. The largest absolute Gasteiger partial charge is 0.370 e. The number of nitrogens with zero attached hydrogens (tertiary/aromatic N) is 2. The minimum Gasteiger partial charge on any atom is -0.370 e. The highest BCUT2D eigenvalue weighted by Gasteiger charge is 2.31. The molecule has 2 aromatic heterocycles. The molecule has 2 aromatic carbocycles. The summed E-state index contributed by atoms with van der Waals surface area (Å²) in [5.41, 5.74) is 3.02. The molecule has 0 bridgehead atoms. The van der Waals surface area contributed by atoms with Crippen molar-refractivity contribution in [3.8, 4) is 5.69 Å². The van der Waals surface area contributed by atoms with Gasteiger partial charge in [-0.25, -0.2) is 4.98 Å². The Balaban J connectivity index is 1.64. The minimum absolute atomic E-state index is 0.0104. The molecular weight excluding hydrogens is 483 g/mol. The monoisotopic (exact) mass is 502 g/mol. The molecule has 3 heterocycles. The van der Waals surface area contributed by atoms with Gasteiger partial charge in [-0.05, 0) is 43.7 Å². The van der Waals surface area contributed by atoms with Crippen LogP contribution in [0.2, 0.25) is 10.0 Å². The second-order valence-corrected chi connectivity index (χ2v) is 11.2. The summed E-state index contributed by atoms with van der Waals surface area (Å²) in [5, 5.41) is 1.83. The summed E-state index contributed by atoms with van der Waals surface area (Å²) in [5.74, 6) is 0.655. The normalized spacial score (nSPS) is 15.1. The average Bonchev–Trinajstić information content (AvgIpc) is 3.14. The first kappa shape index (κ1) is 22.0. The number of thioether (sulfide) groups is 1. The Kier molecular flexibility index (Phi) is 5.84. The Labute approximate surface area is 204 Å². The van der Waals surface area contributed by atoms with Crippen LogP contribution in [-0.4, -0.2) is 15.2 Å². The van der Waals surface area contributed by atoms with E-state index in [9.17, 15) is 4.79 Å². The zero-order valence-corrected chi connectivity index (χ0v) is 20.7. The summed E-state index contributed by atoms with van der Waals surface area (Å²) in [4.78, 5) is 20.1. The van der Waals surface area contributed by atoms with Crippen molar-refractivity contribution in [1.29, 1.82) is 0 Å². The van der Waals surface area contributed by atoms with Crippen LogP contribution >= 0.6 is 46.3 Å². The van der Waals surface area contributed by atoms with Crippen LogP contribution in [0.25, 0.3) is 16.0 Å². The molecule has 0 radical (unpaired) electrons. The van der Waals surface area contributed by atoms with Gasteiger partial charge in [0.05, 0.1) is 22.3 Å². The molecule has 1 aliphatic rings. The van der Waals surface area contributed by atoms with Gasteiger partial charge in [0.1, 0.15) is 10.3 Å². The van der Waals surface area contributed by atoms with Crippen LogP contribution in [0, 0.1) is 0 Å². The highest BCUT2D eigenvalue weighted by Crippen LogP contribution is 2.36. The summed E-state index contributed by atoms with van der Waals surface area (Å²) < 4.78 is 8.06. The minimum atomic E-state index is -0.347. The number of benzene rings is 2. The molecule has 0 spiro atoms. The highest BCUT2D eigenvalue weighted by atomic mass is 35.5. The summed E-state index contributed by atoms with van der Waals surface area (Å²) in [7, 11) is 0. The van der Waals surface area contributed by atoms with Crippen LogP contribution in [0.1, 0.15) is 29.9 Å². The number of hydrogen-bond acceptors (Lipinski definition) is 5. The van der Waals surface area contributed by atoms with Crippen molar-refractivity contribution >= 4 is 56.6 Å². The first-order valence-corrected chi connectivity index (χ1v) is 12.7. The van der Waals surface area contributed by atoms with Crippen LogP contribution in [0.5, 0.6) is 0 Å². The quantitative estimate of drug-likeness (QED) is 0.284. The standard InChI is InChI=1S/C24H20Cl2N2O2S2/c1-24(2)11-16-19(12-30-24)32-22-20(21(16)29)27-23(28(22)15-6-4-3-5-7-15)31-13-14-8-9-17(25)18(26)10-14/h3-10H,11-13H2,1-2H3. The number of ether oxygens (including phenoxy) is 1.